The lowest BCUT2D eigenvalue weighted by molar-refractivity contribution is 0.579. The van der Waals surface area contributed by atoms with Crippen molar-refractivity contribution in [2.24, 2.45) is 11.7 Å². The third-order valence-electron chi connectivity index (χ3n) is 3.85. The molecule has 7 nitrogen and oxygen atoms in total. The molecule has 0 bridgehead atoms. The van der Waals surface area contributed by atoms with Gasteiger partial charge in [-0.2, -0.15) is 5.10 Å². The molecule has 1 fully saturated rings. The molecule has 3 rings (SSSR count). The molecule has 0 aromatic carbocycles. The van der Waals surface area contributed by atoms with Gasteiger partial charge < -0.3 is 10.6 Å². The Bertz CT molecular complexity index is 660. The van der Waals surface area contributed by atoms with E-state index < -0.39 is 0 Å². The first-order chi connectivity index (χ1) is 9.10. The number of anilines is 1. The van der Waals surface area contributed by atoms with Crippen LogP contribution in [0.3, 0.4) is 0 Å². The number of H-pyrrole nitrogens is 1. The van der Waals surface area contributed by atoms with Crippen molar-refractivity contribution in [1.82, 2.24) is 19.6 Å². The lowest BCUT2D eigenvalue weighted by Gasteiger charge is -2.23. The lowest BCUT2D eigenvalue weighted by atomic mass is 10.1. The highest BCUT2D eigenvalue weighted by Gasteiger charge is 2.29. The SMILES string of the molecule is Cc1nc(N2CC(CN)CC2C)cc2n[nH]c(=O)n12. The second-order valence-electron chi connectivity index (χ2n) is 5.22. The van der Waals surface area contributed by atoms with Gasteiger partial charge in [-0.1, -0.05) is 0 Å². The minimum absolute atomic E-state index is 0.249. The monoisotopic (exact) mass is 262 g/mol. The van der Waals surface area contributed by atoms with E-state index in [-0.39, 0.29) is 5.69 Å². The van der Waals surface area contributed by atoms with Crippen molar-refractivity contribution in [2.75, 3.05) is 18.0 Å². The Morgan fingerprint density at radius 1 is 1.58 bits per heavy atom. The van der Waals surface area contributed by atoms with Crippen LogP contribution in [0.2, 0.25) is 0 Å². The van der Waals surface area contributed by atoms with Crippen molar-refractivity contribution in [2.45, 2.75) is 26.3 Å². The zero-order valence-corrected chi connectivity index (χ0v) is 11.1. The number of rotatable bonds is 2. The predicted octanol–water partition coefficient (Wildman–Crippen LogP) is -0.100. The summed E-state index contributed by atoms with van der Waals surface area (Å²) in [4.78, 5) is 18.3. The number of fused-ring (bicyclic) bond motifs is 1. The van der Waals surface area contributed by atoms with Gasteiger partial charge in [-0.05, 0) is 32.7 Å². The van der Waals surface area contributed by atoms with Crippen molar-refractivity contribution in [3.63, 3.8) is 0 Å². The predicted molar refractivity (Wildman–Crippen MR) is 72.3 cm³/mol. The first-order valence-electron chi connectivity index (χ1n) is 6.51. The van der Waals surface area contributed by atoms with E-state index in [9.17, 15) is 4.79 Å². The van der Waals surface area contributed by atoms with Crippen molar-refractivity contribution in [1.29, 1.82) is 0 Å². The molecular formula is C12H18N6O. The van der Waals surface area contributed by atoms with Gasteiger partial charge >= 0.3 is 5.69 Å². The quantitative estimate of drug-likeness (QED) is 0.788. The van der Waals surface area contributed by atoms with Crippen LogP contribution in [0.25, 0.3) is 5.65 Å². The number of nitrogens with two attached hydrogens (primary N) is 1. The molecule has 3 N–H and O–H groups in total. The molecule has 3 heterocycles. The highest BCUT2D eigenvalue weighted by Crippen LogP contribution is 2.27. The molecule has 2 unspecified atom stereocenters. The fraction of sp³-hybridized carbons (Fsp3) is 0.583. The normalized spacial score (nSPS) is 23.4. The molecule has 1 aliphatic rings. The topological polar surface area (TPSA) is 92.3 Å². The van der Waals surface area contributed by atoms with E-state index in [1.807, 2.05) is 13.0 Å². The first kappa shape index (κ1) is 12.2. The molecule has 19 heavy (non-hydrogen) atoms. The molecule has 0 saturated carbocycles. The number of aryl methyl sites for hydroxylation is 1. The number of aromatic nitrogens is 4. The van der Waals surface area contributed by atoms with Gasteiger partial charge in [0.1, 0.15) is 11.6 Å². The van der Waals surface area contributed by atoms with Crippen LogP contribution in [0.4, 0.5) is 5.82 Å². The van der Waals surface area contributed by atoms with Crippen LogP contribution in [0.15, 0.2) is 10.9 Å². The summed E-state index contributed by atoms with van der Waals surface area (Å²) in [5, 5.41) is 6.45. The van der Waals surface area contributed by atoms with Crippen LogP contribution in [-0.2, 0) is 0 Å². The van der Waals surface area contributed by atoms with Crippen LogP contribution in [0.5, 0.6) is 0 Å². The van der Waals surface area contributed by atoms with Crippen LogP contribution in [0.1, 0.15) is 19.2 Å². The number of hydrogen-bond donors (Lipinski definition) is 2. The van der Waals surface area contributed by atoms with Crippen LogP contribution < -0.4 is 16.3 Å². The summed E-state index contributed by atoms with van der Waals surface area (Å²) in [6.45, 7) is 5.60. The third kappa shape index (κ3) is 1.90. The van der Waals surface area contributed by atoms with Gasteiger partial charge in [0, 0.05) is 18.7 Å². The fourth-order valence-electron chi connectivity index (χ4n) is 2.86. The van der Waals surface area contributed by atoms with E-state index in [1.165, 1.54) is 4.40 Å². The van der Waals surface area contributed by atoms with Crippen LogP contribution in [-0.4, -0.2) is 38.7 Å². The zero-order valence-electron chi connectivity index (χ0n) is 11.1. The summed E-state index contributed by atoms with van der Waals surface area (Å²) in [6.07, 6.45) is 1.08. The van der Waals surface area contributed by atoms with Gasteiger partial charge in [0.25, 0.3) is 0 Å². The van der Waals surface area contributed by atoms with Crippen molar-refractivity contribution in [3.05, 3.63) is 22.4 Å². The minimum Gasteiger partial charge on any atom is -0.353 e. The summed E-state index contributed by atoms with van der Waals surface area (Å²) < 4.78 is 1.48. The maximum absolute atomic E-state index is 11.6. The molecule has 7 heteroatoms. The Morgan fingerprint density at radius 3 is 3.05 bits per heavy atom. The Balaban J connectivity index is 2.04. The Labute approximate surface area is 110 Å². The first-order valence-corrected chi connectivity index (χ1v) is 6.51. The zero-order chi connectivity index (χ0) is 13.6. The Morgan fingerprint density at radius 2 is 2.37 bits per heavy atom. The van der Waals surface area contributed by atoms with E-state index in [4.69, 9.17) is 5.73 Å². The molecular weight excluding hydrogens is 244 g/mol. The van der Waals surface area contributed by atoms with E-state index in [0.29, 0.717) is 30.0 Å². The number of aromatic amines is 1. The summed E-state index contributed by atoms with van der Waals surface area (Å²) in [5.74, 6) is 2.02. The van der Waals surface area contributed by atoms with E-state index in [0.717, 1.165) is 18.8 Å². The second kappa shape index (κ2) is 4.34. The Kier molecular flexibility index (Phi) is 2.78. The maximum Gasteiger partial charge on any atom is 0.349 e. The average molecular weight is 262 g/mol. The van der Waals surface area contributed by atoms with Crippen molar-refractivity contribution < 1.29 is 0 Å². The summed E-state index contributed by atoms with van der Waals surface area (Å²) in [6, 6.07) is 2.26. The van der Waals surface area contributed by atoms with Crippen LogP contribution >= 0.6 is 0 Å². The Hall–Kier alpha value is -1.89. The molecule has 0 spiro atoms. The van der Waals surface area contributed by atoms with Gasteiger partial charge in [0.15, 0.2) is 5.65 Å². The molecule has 2 aromatic heterocycles. The third-order valence-corrected chi connectivity index (χ3v) is 3.85. The van der Waals surface area contributed by atoms with Gasteiger partial charge in [-0.15, -0.1) is 0 Å². The molecule has 102 valence electrons. The molecule has 0 radical (unpaired) electrons. The second-order valence-corrected chi connectivity index (χ2v) is 5.22. The molecule has 1 aliphatic heterocycles. The average Bonchev–Trinajstić information content (AvgIpc) is 2.93. The van der Waals surface area contributed by atoms with E-state index >= 15 is 0 Å². The molecule has 1 saturated heterocycles. The van der Waals surface area contributed by atoms with Crippen LogP contribution in [0, 0.1) is 12.8 Å². The number of nitrogens with zero attached hydrogens (tertiary/aromatic N) is 4. The van der Waals surface area contributed by atoms with Gasteiger partial charge in [-0.3, -0.25) is 0 Å². The largest absolute Gasteiger partial charge is 0.353 e. The lowest BCUT2D eigenvalue weighted by Crippen LogP contribution is -2.29. The van der Waals surface area contributed by atoms with Crippen molar-refractivity contribution >= 4 is 11.5 Å². The molecule has 0 amide bonds. The van der Waals surface area contributed by atoms with Crippen molar-refractivity contribution in [3.8, 4) is 0 Å². The maximum atomic E-state index is 11.6. The van der Waals surface area contributed by atoms with Gasteiger partial charge in [-0.25, -0.2) is 19.3 Å². The number of nitrogens with one attached hydrogen (secondary N) is 1. The van der Waals surface area contributed by atoms with E-state index in [1.54, 1.807) is 0 Å². The van der Waals surface area contributed by atoms with E-state index in [2.05, 4.69) is 27.0 Å². The summed E-state index contributed by atoms with van der Waals surface area (Å²) >= 11 is 0. The fourth-order valence-corrected chi connectivity index (χ4v) is 2.86. The molecule has 0 aliphatic carbocycles. The number of hydrogen-bond acceptors (Lipinski definition) is 5. The standard InChI is InChI=1S/C12H18N6O/c1-7-3-9(5-13)6-17(7)10-4-11-15-16-12(19)18(11)8(2)14-10/h4,7,9H,3,5-6,13H2,1-2H3,(H,16,19). The summed E-state index contributed by atoms with van der Waals surface area (Å²) in [5.41, 5.74) is 6.11. The molecule has 2 aromatic rings. The van der Waals surface area contributed by atoms with Gasteiger partial charge in [0.2, 0.25) is 0 Å². The smallest absolute Gasteiger partial charge is 0.349 e. The highest BCUT2D eigenvalue weighted by atomic mass is 16.1. The summed E-state index contributed by atoms with van der Waals surface area (Å²) in [7, 11) is 0. The van der Waals surface area contributed by atoms with Gasteiger partial charge in [0.05, 0.1) is 0 Å². The molecule has 2 atom stereocenters. The minimum atomic E-state index is -0.249. The highest BCUT2D eigenvalue weighted by molar-refractivity contribution is 5.52.